The molecule has 3 aromatic rings. The average Bonchev–Trinajstić information content (AvgIpc) is 3.61. The molecule has 1 aliphatic rings. The Kier molecular flexibility index (Phi) is 7.05. The van der Waals surface area contributed by atoms with Crippen LogP contribution < -0.4 is 22.1 Å². The number of nitrogens with two attached hydrogens (primary N) is 2. The molecule has 1 saturated carbocycles. The number of aryl methyl sites for hydroxylation is 1. The molecule has 2 unspecified atom stereocenters. The van der Waals surface area contributed by atoms with E-state index in [0.29, 0.717) is 35.2 Å². The van der Waals surface area contributed by atoms with Gasteiger partial charge in [0.1, 0.15) is 0 Å². The monoisotopic (exact) mass is 442 g/mol. The molecule has 1 fully saturated rings. The number of hydrogen-bond acceptors (Lipinski definition) is 4. The Bertz CT molecular complexity index is 1110. The number of nitrogen functional groups attached to an aromatic ring is 1. The summed E-state index contributed by atoms with van der Waals surface area (Å²) in [4.78, 5) is 24.7. The molecular formula is C27H30N4O2. The summed E-state index contributed by atoms with van der Waals surface area (Å²) in [5, 5.41) is 5.79. The number of carbonyl (C=O) groups is 2. The van der Waals surface area contributed by atoms with E-state index in [1.54, 1.807) is 24.3 Å². The van der Waals surface area contributed by atoms with Crippen molar-refractivity contribution >= 4 is 28.9 Å². The van der Waals surface area contributed by atoms with E-state index in [2.05, 4.69) is 22.8 Å². The number of carbonyl (C=O) groups excluding carboxylic acids is 2. The van der Waals surface area contributed by atoms with Gasteiger partial charge in [0.2, 0.25) is 5.91 Å². The van der Waals surface area contributed by atoms with Crippen LogP contribution in [0.5, 0.6) is 0 Å². The maximum atomic E-state index is 12.4. The molecule has 0 saturated heterocycles. The number of hydrogen-bond donors (Lipinski definition) is 4. The van der Waals surface area contributed by atoms with Crippen molar-refractivity contribution in [2.45, 2.75) is 31.6 Å². The third-order valence-electron chi connectivity index (χ3n) is 6.14. The van der Waals surface area contributed by atoms with Gasteiger partial charge in [0.05, 0.1) is 11.4 Å². The van der Waals surface area contributed by atoms with Crippen LogP contribution >= 0.6 is 0 Å². The van der Waals surface area contributed by atoms with Gasteiger partial charge in [-0.15, -0.1) is 0 Å². The molecule has 0 aliphatic heterocycles. The second kappa shape index (κ2) is 10.3. The molecule has 4 rings (SSSR count). The third kappa shape index (κ3) is 5.99. The highest BCUT2D eigenvalue weighted by Crippen LogP contribution is 2.46. The van der Waals surface area contributed by atoms with Crippen LogP contribution in [0.4, 0.5) is 17.1 Å². The fraction of sp³-hybridized carbons (Fsp3) is 0.259. The lowest BCUT2D eigenvalue weighted by atomic mass is 10.1. The Morgan fingerprint density at radius 2 is 1.64 bits per heavy atom. The molecule has 0 bridgehead atoms. The molecule has 3 aromatic carbocycles. The van der Waals surface area contributed by atoms with Gasteiger partial charge in [0.15, 0.2) is 0 Å². The van der Waals surface area contributed by atoms with Crippen molar-refractivity contribution in [1.82, 2.24) is 0 Å². The molecule has 2 atom stereocenters. The predicted molar refractivity (Wildman–Crippen MR) is 133 cm³/mol. The zero-order chi connectivity index (χ0) is 23.2. The van der Waals surface area contributed by atoms with Crippen molar-refractivity contribution in [2.24, 2.45) is 11.7 Å². The minimum atomic E-state index is -0.204. The summed E-state index contributed by atoms with van der Waals surface area (Å²) in [6.45, 7) is 0.738. The molecule has 0 heterocycles. The minimum absolute atomic E-state index is 0.00505. The number of anilines is 3. The highest BCUT2D eigenvalue weighted by molar-refractivity contribution is 6.05. The van der Waals surface area contributed by atoms with E-state index in [9.17, 15) is 9.59 Å². The maximum absolute atomic E-state index is 12.4. The zero-order valence-electron chi connectivity index (χ0n) is 18.6. The van der Waals surface area contributed by atoms with Crippen LogP contribution in [-0.4, -0.2) is 18.4 Å². The van der Waals surface area contributed by atoms with Crippen LogP contribution in [0.1, 0.15) is 46.7 Å². The van der Waals surface area contributed by atoms with E-state index < -0.39 is 0 Å². The van der Waals surface area contributed by atoms with Crippen LogP contribution in [0.15, 0.2) is 72.8 Å². The third-order valence-corrected chi connectivity index (χ3v) is 6.14. The van der Waals surface area contributed by atoms with Crippen LogP contribution in [0.3, 0.4) is 0 Å². The van der Waals surface area contributed by atoms with E-state index in [1.807, 2.05) is 36.4 Å². The van der Waals surface area contributed by atoms with Gasteiger partial charge in [0, 0.05) is 17.7 Å². The molecule has 2 amide bonds. The van der Waals surface area contributed by atoms with Gasteiger partial charge in [-0.05, 0) is 85.2 Å². The SMILES string of the molecule is NCC1CC1c1ccc(NC(=O)CCCc2ccc(C(=O)Nc3ccccc3N)cc2)cc1. The fourth-order valence-corrected chi connectivity index (χ4v) is 4.03. The number of rotatable bonds is 9. The fourth-order valence-electron chi connectivity index (χ4n) is 4.03. The molecular weight excluding hydrogens is 412 g/mol. The number of nitrogens with one attached hydrogen (secondary N) is 2. The first kappa shape index (κ1) is 22.6. The lowest BCUT2D eigenvalue weighted by Gasteiger charge is -2.09. The Morgan fingerprint density at radius 3 is 2.30 bits per heavy atom. The van der Waals surface area contributed by atoms with Crippen molar-refractivity contribution in [3.8, 4) is 0 Å². The molecule has 33 heavy (non-hydrogen) atoms. The minimum Gasteiger partial charge on any atom is -0.397 e. The van der Waals surface area contributed by atoms with Gasteiger partial charge in [-0.2, -0.15) is 0 Å². The summed E-state index contributed by atoms with van der Waals surface area (Å²) in [5.41, 5.74) is 16.5. The first-order valence-corrected chi connectivity index (χ1v) is 11.4. The summed E-state index contributed by atoms with van der Waals surface area (Å²) in [7, 11) is 0. The summed E-state index contributed by atoms with van der Waals surface area (Å²) in [6, 6.07) is 22.7. The highest BCUT2D eigenvalue weighted by Gasteiger charge is 2.36. The Morgan fingerprint density at radius 1 is 0.909 bits per heavy atom. The molecule has 0 radical (unpaired) electrons. The highest BCUT2D eigenvalue weighted by atomic mass is 16.2. The molecule has 1 aliphatic carbocycles. The smallest absolute Gasteiger partial charge is 0.255 e. The lowest BCUT2D eigenvalue weighted by Crippen LogP contribution is -2.13. The molecule has 6 heteroatoms. The van der Waals surface area contributed by atoms with Gasteiger partial charge in [0.25, 0.3) is 5.91 Å². The van der Waals surface area contributed by atoms with Crippen LogP contribution in [0.2, 0.25) is 0 Å². The molecule has 0 aromatic heterocycles. The molecule has 6 N–H and O–H groups in total. The van der Waals surface area contributed by atoms with Gasteiger partial charge >= 0.3 is 0 Å². The van der Waals surface area contributed by atoms with Crippen LogP contribution in [-0.2, 0) is 11.2 Å². The van der Waals surface area contributed by atoms with E-state index in [0.717, 1.165) is 37.1 Å². The normalized spacial score (nSPS) is 16.8. The largest absolute Gasteiger partial charge is 0.397 e. The topological polar surface area (TPSA) is 110 Å². The predicted octanol–water partition coefficient (Wildman–Crippen LogP) is 4.54. The quantitative estimate of drug-likeness (QED) is 0.365. The van der Waals surface area contributed by atoms with E-state index in [1.165, 1.54) is 5.56 Å². The van der Waals surface area contributed by atoms with Gasteiger partial charge in [-0.3, -0.25) is 9.59 Å². The summed E-state index contributed by atoms with van der Waals surface area (Å²) >= 11 is 0. The van der Waals surface area contributed by atoms with Crippen molar-refractivity contribution < 1.29 is 9.59 Å². The summed E-state index contributed by atoms with van der Waals surface area (Å²) in [5.74, 6) is 0.987. The van der Waals surface area contributed by atoms with E-state index >= 15 is 0 Å². The zero-order valence-corrected chi connectivity index (χ0v) is 18.6. The van der Waals surface area contributed by atoms with Crippen molar-refractivity contribution in [3.05, 3.63) is 89.5 Å². The molecule has 170 valence electrons. The Balaban J connectivity index is 1.20. The van der Waals surface area contributed by atoms with Gasteiger partial charge in [-0.25, -0.2) is 0 Å². The second-order valence-corrected chi connectivity index (χ2v) is 8.60. The van der Waals surface area contributed by atoms with Gasteiger partial charge < -0.3 is 22.1 Å². The summed E-state index contributed by atoms with van der Waals surface area (Å²) < 4.78 is 0. The molecule has 6 nitrogen and oxygen atoms in total. The van der Waals surface area contributed by atoms with Crippen molar-refractivity contribution in [1.29, 1.82) is 0 Å². The Labute approximate surface area is 194 Å². The standard InChI is InChI=1S/C27H30N4O2/c28-17-21-16-23(21)19-12-14-22(15-13-19)30-26(32)7-3-4-18-8-10-20(11-9-18)27(33)31-25-6-2-1-5-24(25)29/h1-2,5-6,8-15,21,23H,3-4,7,16-17,28-29H2,(H,30,32)(H,31,33). The maximum Gasteiger partial charge on any atom is 0.255 e. The second-order valence-electron chi connectivity index (χ2n) is 8.60. The van der Waals surface area contributed by atoms with Crippen LogP contribution in [0, 0.1) is 5.92 Å². The van der Waals surface area contributed by atoms with Crippen LogP contribution in [0.25, 0.3) is 0 Å². The van der Waals surface area contributed by atoms with Crippen molar-refractivity contribution in [3.63, 3.8) is 0 Å². The Hall–Kier alpha value is -3.64. The number of para-hydroxylation sites is 2. The first-order chi connectivity index (χ1) is 16.0. The number of amides is 2. The van der Waals surface area contributed by atoms with Gasteiger partial charge in [-0.1, -0.05) is 36.4 Å². The number of benzene rings is 3. The van der Waals surface area contributed by atoms with E-state index in [-0.39, 0.29) is 11.8 Å². The van der Waals surface area contributed by atoms with E-state index in [4.69, 9.17) is 11.5 Å². The summed E-state index contributed by atoms with van der Waals surface area (Å²) in [6.07, 6.45) is 3.10. The molecule has 0 spiro atoms. The average molecular weight is 443 g/mol. The van der Waals surface area contributed by atoms with Crippen molar-refractivity contribution in [2.75, 3.05) is 22.9 Å². The first-order valence-electron chi connectivity index (χ1n) is 11.4. The lowest BCUT2D eigenvalue weighted by molar-refractivity contribution is -0.116.